The van der Waals surface area contributed by atoms with E-state index in [4.69, 9.17) is 4.74 Å². The van der Waals surface area contributed by atoms with Crippen molar-refractivity contribution in [2.24, 2.45) is 0 Å². The number of rotatable bonds is 4. The van der Waals surface area contributed by atoms with Gasteiger partial charge in [0, 0.05) is 33.3 Å². The van der Waals surface area contributed by atoms with Gasteiger partial charge in [-0.1, -0.05) is 0 Å². The molecule has 13 heavy (non-hydrogen) atoms. The van der Waals surface area contributed by atoms with Crippen LogP contribution in [0.3, 0.4) is 0 Å². The number of hydrogen-bond acceptors (Lipinski definition) is 4. The molecule has 0 aromatic rings. The summed E-state index contributed by atoms with van der Waals surface area (Å²) in [5, 5.41) is 9.07. The van der Waals surface area contributed by atoms with Crippen molar-refractivity contribution in [1.29, 1.82) is 0 Å². The van der Waals surface area contributed by atoms with Crippen LogP contribution in [0, 0.1) is 0 Å². The first-order valence-electron chi connectivity index (χ1n) is 4.55. The lowest BCUT2D eigenvalue weighted by Crippen LogP contribution is -2.56. The van der Waals surface area contributed by atoms with Crippen LogP contribution in [0.4, 0.5) is 0 Å². The van der Waals surface area contributed by atoms with Crippen LogP contribution in [0.15, 0.2) is 0 Å². The van der Waals surface area contributed by atoms with Crippen LogP contribution < -0.4 is 16.0 Å². The van der Waals surface area contributed by atoms with Gasteiger partial charge in [0.1, 0.15) is 0 Å². The molecule has 76 valence electrons. The summed E-state index contributed by atoms with van der Waals surface area (Å²) in [6.45, 7) is 3.63. The molecule has 0 radical (unpaired) electrons. The summed E-state index contributed by atoms with van der Waals surface area (Å²) in [7, 11) is 1.62. The molecular formula is C8H17N3O2. The van der Waals surface area contributed by atoms with Gasteiger partial charge < -0.3 is 20.7 Å². The van der Waals surface area contributed by atoms with Crippen LogP contribution in [0.1, 0.15) is 0 Å². The molecular weight excluding hydrogens is 170 g/mol. The van der Waals surface area contributed by atoms with Crippen molar-refractivity contribution >= 4 is 5.91 Å². The Balaban J connectivity index is 2.13. The van der Waals surface area contributed by atoms with E-state index >= 15 is 0 Å². The maximum absolute atomic E-state index is 11.4. The number of piperazine rings is 1. The predicted molar refractivity (Wildman–Crippen MR) is 49.5 cm³/mol. The van der Waals surface area contributed by atoms with Gasteiger partial charge in [0.2, 0.25) is 5.91 Å². The van der Waals surface area contributed by atoms with Gasteiger partial charge in [-0.15, -0.1) is 0 Å². The Kier molecular flexibility index (Phi) is 4.74. The first-order chi connectivity index (χ1) is 6.34. The summed E-state index contributed by atoms with van der Waals surface area (Å²) < 4.78 is 4.83. The molecule has 3 N–H and O–H groups in total. The first kappa shape index (κ1) is 10.4. The van der Waals surface area contributed by atoms with E-state index in [2.05, 4.69) is 16.0 Å². The minimum atomic E-state index is -0.0920. The number of amides is 1. The summed E-state index contributed by atoms with van der Waals surface area (Å²) in [4.78, 5) is 11.4. The van der Waals surface area contributed by atoms with E-state index in [-0.39, 0.29) is 11.9 Å². The molecule has 0 spiro atoms. The highest BCUT2D eigenvalue weighted by molar-refractivity contribution is 5.82. The van der Waals surface area contributed by atoms with E-state index in [0.29, 0.717) is 19.7 Å². The molecule has 0 bridgehead atoms. The van der Waals surface area contributed by atoms with Gasteiger partial charge in [-0.3, -0.25) is 4.79 Å². The van der Waals surface area contributed by atoms with Crippen LogP contribution in [0.2, 0.25) is 0 Å². The molecule has 1 atom stereocenters. The second-order valence-corrected chi connectivity index (χ2v) is 2.99. The molecule has 0 aromatic heterocycles. The van der Waals surface area contributed by atoms with Crippen LogP contribution in [-0.4, -0.2) is 51.8 Å². The zero-order valence-electron chi connectivity index (χ0n) is 7.93. The smallest absolute Gasteiger partial charge is 0.238 e. The molecule has 1 saturated heterocycles. The lowest BCUT2D eigenvalue weighted by atomic mass is 10.2. The molecule has 1 rings (SSSR count). The quantitative estimate of drug-likeness (QED) is 0.460. The highest BCUT2D eigenvalue weighted by atomic mass is 16.5. The van der Waals surface area contributed by atoms with E-state index in [0.717, 1.165) is 13.1 Å². The predicted octanol–water partition coefficient (Wildman–Crippen LogP) is -1.69. The fourth-order valence-corrected chi connectivity index (χ4v) is 1.24. The van der Waals surface area contributed by atoms with Crippen molar-refractivity contribution < 1.29 is 9.53 Å². The summed E-state index contributed by atoms with van der Waals surface area (Å²) in [6.07, 6.45) is 0. The third-order valence-electron chi connectivity index (χ3n) is 1.96. The number of carbonyl (C=O) groups is 1. The third-order valence-corrected chi connectivity index (χ3v) is 1.96. The Morgan fingerprint density at radius 1 is 1.62 bits per heavy atom. The summed E-state index contributed by atoms with van der Waals surface area (Å²) >= 11 is 0. The molecule has 1 aliphatic heterocycles. The monoisotopic (exact) mass is 187 g/mol. The zero-order chi connectivity index (χ0) is 9.52. The van der Waals surface area contributed by atoms with E-state index in [1.807, 2.05) is 0 Å². The normalized spacial score (nSPS) is 22.7. The van der Waals surface area contributed by atoms with Gasteiger partial charge in [-0.05, 0) is 0 Å². The standard InChI is InChI=1S/C8H17N3O2/c1-13-5-4-11-8(12)7-6-9-2-3-10-7/h7,9-10H,2-6H2,1H3,(H,11,12). The van der Waals surface area contributed by atoms with Crippen molar-refractivity contribution in [2.75, 3.05) is 39.9 Å². The second kappa shape index (κ2) is 5.90. The SMILES string of the molecule is COCCNC(=O)C1CNCCN1. The van der Waals surface area contributed by atoms with Crippen molar-refractivity contribution in [1.82, 2.24) is 16.0 Å². The highest BCUT2D eigenvalue weighted by Gasteiger charge is 2.19. The maximum atomic E-state index is 11.4. The lowest BCUT2D eigenvalue weighted by Gasteiger charge is -2.23. The highest BCUT2D eigenvalue weighted by Crippen LogP contribution is 1.86. The fraction of sp³-hybridized carbons (Fsp3) is 0.875. The number of nitrogens with one attached hydrogen (secondary N) is 3. The van der Waals surface area contributed by atoms with Gasteiger partial charge in [0.05, 0.1) is 12.6 Å². The van der Waals surface area contributed by atoms with E-state index < -0.39 is 0 Å². The largest absolute Gasteiger partial charge is 0.383 e. The Bertz CT molecular complexity index is 157. The number of ether oxygens (including phenoxy) is 1. The average Bonchev–Trinajstić information content (AvgIpc) is 2.19. The van der Waals surface area contributed by atoms with Crippen LogP contribution in [-0.2, 0) is 9.53 Å². The third kappa shape index (κ3) is 3.71. The molecule has 1 heterocycles. The molecule has 1 unspecified atom stereocenters. The number of methoxy groups -OCH3 is 1. The number of hydrogen-bond donors (Lipinski definition) is 3. The molecule has 1 aliphatic rings. The number of carbonyl (C=O) groups excluding carboxylic acids is 1. The topological polar surface area (TPSA) is 62.4 Å². The van der Waals surface area contributed by atoms with E-state index in [1.54, 1.807) is 7.11 Å². The summed E-state index contributed by atoms with van der Waals surface area (Å²) in [6, 6.07) is -0.0920. The van der Waals surface area contributed by atoms with Gasteiger partial charge in [-0.2, -0.15) is 0 Å². The van der Waals surface area contributed by atoms with Crippen LogP contribution in [0.25, 0.3) is 0 Å². The van der Waals surface area contributed by atoms with Gasteiger partial charge in [0.25, 0.3) is 0 Å². The molecule has 5 nitrogen and oxygen atoms in total. The summed E-state index contributed by atoms with van der Waals surface area (Å²) in [5.41, 5.74) is 0. The van der Waals surface area contributed by atoms with Crippen LogP contribution >= 0.6 is 0 Å². The first-order valence-corrected chi connectivity index (χ1v) is 4.55. The molecule has 1 amide bonds. The molecule has 0 aliphatic carbocycles. The van der Waals surface area contributed by atoms with Crippen molar-refractivity contribution in [3.63, 3.8) is 0 Å². The Morgan fingerprint density at radius 2 is 2.46 bits per heavy atom. The second-order valence-electron chi connectivity index (χ2n) is 2.99. The van der Waals surface area contributed by atoms with E-state index in [9.17, 15) is 4.79 Å². The maximum Gasteiger partial charge on any atom is 0.238 e. The lowest BCUT2D eigenvalue weighted by molar-refractivity contribution is -0.123. The molecule has 5 heteroatoms. The van der Waals surface area contributed by atoms with Crippen LogP contribution in [0.5, 0.6) is 0 Å². The molecule has 0 saturated carbocycles. The van der Waals surface area contributed by atoms with Gasteiger partial charge in [-0.25, -0.2) is 0 Å². The summed E-state index contributed by atoms with van der Waals surface area (Å²) in [5.74, 6) is 0.0456. The Hall–Kier alpha value is -0.650. The van der Waals surface area contributed by atoms with Gasteiger partial charge in [0.15, 0.2) is 0 Å². The van der Waals surface area contributed by atoms with Gasteiger partial charge >= 0.3 is 0 Å². The minimum Gasteiger partial charge on any atom is -0.383 e. The van der Waals surface area contributed by atoms with Crippen molar-refractivity contribution in [3.8, 4) is 0 Å². The zero-order valence-corrected chi connectivity index (χ0v) is 7.93. The van der Waals surface area contributed by atoms with Crippen molar-refractivity contribution in [3.05, 3.63) is 0 Å². The van der Waals surface area contributed by atoms with Crippen molar-refractivity contribution in [2.45, 2.75) is 6.04 Å². The fourth-order valence-electron chi connectivity index (χ4n) is 1.24. The Labute approximate surface area is 78.2 Å². The molecule has 1 fully saturated rings. The van der Waals surface area contributed by atoms with E-state index in [1.165, 1.54) is 0 Å². The average molecular weight is 187 g/mol. The minimum absolute atomic E-state index is 0.0456. The molecule has 0 aromatic carbocycles. The Morgan fingerprint density at radius 3 is 3.08 bits per heavy atom.